The number of hydrogen-bond donors (Lipinski definition) is 1. The first kappa shape index (κ1) is 12.1. The Hall–Kier alpha value is -1.34. The molecule has 0 aliphatic carbocycles. The quantitative estimate of drug-likeness (QED) is 0.921. The normalized spacial score (nSPS) is 10.3. The Bertz CT molecular complexity index is 536. The van der Waals surface area contributed by atoms with Crippen molar-refractivity contribution in [2.24, 2.45) is 0 Å². The van der Waals surface area contributed by atoms with Gasteiger partial charge in [0, 0.05) is 16.0 Å². The number of carbonyl (C=O) groups is 1. The summed E-state index contributed by atoms with van der Waals surface area (Å²) in [5, 5.41) is 4.24. The van der Waals surface area contributed by atoms with E-state index in [-0.39, 0.29) is 9.60 Å². The lowest BCUT2D eigenvalue weighted by Crippen LogP contribution is -2.15. The third-order valence-electron chi connectivity index (χ3n) is 1.89. The highest BCUT2D eigenvalue weighted by Crippen LogP contribution is 2.21. The molecule has 1 amide bonds. The molecule has 0 fully saturated rings. The first-order chi connectivity index (χ1) is 8.08. The second-order valence-corrected chi connectivity index (χ2v) is 4.85. The van der Waals surface area contributed by atoms with Gasteiger partial charge in [-0.1, -0.05) is 15.9 Å². The van der Waals surface area contributed by atoms with Crippen molar-refractivity contribution in [2.45, 2.75) is 0 Å². The summed E-state index contributed by atoms with van der Waals surface area (Å²) in [6.45, 7) is 0. The van der Waals surface area contributed by atoms with Crippen molar-refractivity contribution in [1.82, 2.24) is 4.98 Å². The van der Waals surface area contributed by atoms with Gasteiger partial charge in [0.2, 0.25) is 0 Å². The van der Waals surface area contributed by atoms with Crippen LogP contribution in [0.4, 0.5) is 13.9 Å². The van der Waals surface area contributed by atoms with E-state index >= 15 is 0 Å². The molecule has 88 valence electrons. The Balaban J connectivity index is 2.31. The van der Waals surface area contributed by atoms with E-state index in [4.69, 9.17) is 0 Å². The SMILES string of the molecule is O=C(Nc1nccs1)c1c(F)cc(Br)cc1F. The van der Waals surface area contributed by atoms with Gasteiger partial charge in [0.15, 0.2) is 5.13 Å². The fourth-order valence-electron chi connectivity index (χ4n) is 1.20. The van der Waals surface area contributed by atoms with E-state index < -0.39 is 23.1 Å². The number of thiazole rings is 1. The molecule has 0 radical (unpaired) electrons. The molecule has 2 aromatic rings. The molecule has 17 heavy (non-hydrogen) atoms. The van der Waals surface area contributed by atoms with Crippen molar-refractivity contribution in [1.29, 1.82) is 0 Å². The van der Waals surface area contributed by atoms with Crippen LogP contribution in [-0.4, -0.2) is 10.9 Å². The number of amides is 1. The van der Waals surface area contributed by atoms with Crippen molar-refractivity contribution in [3.05, 3.63) is 45.4 Å². The van der Waals surface area contributed by atoms with E-state index in [1.54, 1.807) is 5.38 Å². The number of halogens is 3. The molecule has 0 spiro atoms. The number of aromatic nitrogens is 1. The maximum atomic E-state index is 13.4. The smallest absolute Gasteiger partial charge is 0.263 e. The standard InChI is InChI=1S/C10H5BrF2N2OS/c11-5-3-6(12)8(7(13)4-5)9(16)15-10-14-1-2-17-10/h1-4H,(H,14,15,16). The van der Waals surface area contributed by atoms with Gasteiger partial charge in [-0.3, -0.25) is 10.1 Å². The zero-order valence-electron chi connectivity index (χ0n) is 8.21. The molecule has 1 aromatic carbocycles. The van der Waals surface area contributed by atoms with Crippen LogP contribution in [0.15, 0.2) is 28.2 Å². The number of nitrogens with one attached hydrogen (secondary N) is 1. The van der Waals surface area contributed by atoms with Crippen LogP contribution in [0.1, 0.15) is 10.4 Å². The summed E-state index contributed by atoms with van der Waals surface area (Å²) in [4.78, 5) is 15.4. The van der Waals surface area contributed by atoms with Gasteiger partial charge in [-0.05, 0) is 12.1 Å². The zero-order chi connectivity index (χ0) is 12.4. The zero-order valence-corrected chi connectivity index (χ0v) is 10.6. The van der Waals surface area contributed by atoms with Gasteiger partial charge in [-0.25, -0.2) is 13.8 Å². The highest BCUT2D eigenvalue weighted by atomic mass is 79.9. The number of rotatable bonds is 2. The number of nitrogens with zero attached hydrogens (tertiary/aromatic N) is 1. The minimum Gasteiger partial charge on any atom is -0.298 e. The van der Waals surface area contributed by atoms with Crippen LogP contribution in [0.5, 0.6) is 0 Å². The molecule has 0 saturated heterocycles. The molecule has 1 heterocycles. The average molecular weight is 319 g/mol. The predicted octanol–water partition coefficient (Wildman–Crippen LogP) is 3.44. The van der Waals surface area contributed by atoms with Crippen LogP contribution in [-0.2, 0) is 0 Å². The topological polar surface area (TPSA) is 42.0 Å². The maximum absolute atomic E-state index is 13.4. The minimum absolute atomic E-state index is 0.235. The van der Waals surface area contributed by atoms with Gasteiger partial charge in [0.1, 0.15) is 17.2 Å². The van der Waals surface area contributed by atoms with Crippen LogP contribution < -0.4 is 5.32 Å². The molecule has 1 N–H and O–H groups in total. The fraction of sp³-hybridized carbons (Fsp3) is 0. The molecule has 3 nitrogen and oxygen atoms in total. The first-order valence-corrected chi connectivity index (χ1v) is 6.10. The Kier molecular flexibility index (Phi) is 3.49. The molecule has 0 bridgehead atoms. The molecule has 7 heteroatoms. The lowest BCUT2D eigenvalue weighted by Gasteiger charge is -2.05. The summed E-state index contributed by atoms with van der Waals surface area (Å²) in [5.41, 5.74) is -0.622. The van der Waals surface area contributed by atoms with Crippen LogP contribution in [0, 0.1) is 11.6 Å². The van der Waals surface area contributed by atoms with Gasteiger partial charge in [-0.2, -0.15) is 0 Å². The van der Waals surface area contributed by atoms with Gasteiger partial charge >= 0.3 is 0 Å². The molecule has 2 rings (SSSR count). The highest BCUT2D eigenvalue weighted by Gasteiger charge is 2.19. The van der Waals surface area contributed by atoms with Gasteiger partial charge in [-0.15, -0.1) is 11.3 Å². The van der Waals surface area contributed by atoms with E-state index in [9.17, 15) is 13.6 Å². The van der Waals surface area contributed by atoms with E-state index in [1.807, 2.05) is 0 Å². The lowest BCUT2D eigenvalue weighted by molar-refractivity contribution is 0.101. The van der Waals surface area contributed by atoms with Crippen molar-refractivity contribution in [3.8, 4) is 0 Å². The number of carbonyl (C=O) groups excluding carboxylic acids is 1. The van der Waals surface area contributed by atoms with Crippen LogP contribution in [0.2, 0.25) is 0 Å². The van der Waals surface area contributed by atoms with Crippen LogP contribution >= 0.6 is 27.3 Å². The molecular formula is C10H5BrF2N2OS. The Morgan fingerprint density at radius 2 is 2.00 bits per heavy atom. The van der Waals surface area contributed by atoms with E-state index in [2.05, 4.69) is 26.2 Å². The monoisotopic (exact) mass is 318 g/mol. The second kappa shape index (κ2) is 4.89. The number of hydrogen-bond acceptors (Lipinski definition) is 3. The highest BCUT2D eigenvalue weighted by molar-refractivity contribution is 9.10. The number of anilines is 1. The third-order valence-corrected chi connectivity index (χ3v) is 3.03. The van der Waals surface area contributed by atoms with Crippen molar-refractivity contribution in [3.63, 3.8) is 0 Å². The summed E-state index contributed by atoms with van der Waals surface area (Å²) < 4.78 is 27.1. The van der Waals surface area contributed by atoms with Crippen LogP contribution in [0.3, 0.4) is 0 Å². The van der Waals surface area contributed by atoms with E-state index in [0.717, 1.165) is 23.5 Å². The Morgan fingerprint density at radius 1 is 1.35 bits per heavy atom. The molecule has 0 saturated carbocycles. The van der Waals surface area contributed by atoms with E-state index in [1.165, 1.54) is 6.20 Å². The number of benzene rings is 1. The Labute approximate surface area is 108 Å². The van der Waals surface area contributed by atoms with E-state index in [0.29, 0.717) is 0 Å². The lowest BCUT2D eigenvalue weighted by atomic mass is 10.2. The van der Waals surface area contributed by atoms with Crippen LogP contribution in [0.25, 0.3) is 0 Å². The maximum Gasteiger partial charge on any atom is 0.263 e. The average Bonchev–Trinajstić information content (AvgIpc) is 2.68. The summed E-state index contributed by atoms with van der Waals surface area (Å²) >= 11 is 4.10. The molecule has 0 unspecified atom stereocenters. The summed E-state index contributed by atoms with van der Waals surface area (Å²) in [6, 6.07) is 2.06. The van der Waals surface area contributed by atoms with Gasteiger partial charge in [0.25, 0.3) is 5.91 Å². The Morgan fingerprint density at radius 3 is 2.53 bits per heavy atom. The largest absolute Gasteiger partial charge is 0.298 e. The van der Waals surface area contributed by atoms with Gasteiger partial charge < -0.3 is 0 Å². The molecule has 1 aromatic heterocycles. The molecular weight excluding hydrogens is 314 g/mol. The summed E-state index contributed by atoms with van der Waals surface area (Å²) in [6.07, 6.45) is 1.48. The summed E-state index contributed by atoms with van der Waals surface area (Å²) in [7, 11) is 0. The molecule has 0 aliphatic rings. The van der Waals surface area contributed by atoms with Crippen molar-refractivity contribution in [2.75, 3.05) is 5.32 Å². The summed E-state index contributed by atoms with van der Waals surface area (Å²) in [5.74, 6) is -2.71. The van der Waals surface area contributed by atoms with Crippen molar-refractivity contribution >= 4 is 38.3 Å². The molecule has 0 atom stereocenters. The predicted molar refractivity (Wildman–Crippen MR) is 64.1 cm³/mol. The minimum atomic E-state index is -0.925. The third kappa shape index (κ3) is 2.67. The first-order valence-electron chi connectivity index (χ1n) is 4.43. The second-order valence-electron chi connectivity index (χ2n) is 3.04. The molecule has 0 aliphatic heterocycles. The fourth-order valence-corrected chi connectivity index (χ4v) is 2.13. The van der Waals surface area contributed by atoms with Gasteiger partial charge in [0.05, 0.1) is 0 Å². The van der Waals surface area contributed by atoms with Crippen molar-refractivity contribution < 1.29 is 13.6 Å².